The van der Waals surface area contributed by atoms with Gasteiger partial charge >= 0.3 is 0 Å². The van der Waals surface area contributed by atoms with Crippen molar-refractivity contribution in [1.82, 2.24) is 5.32 Å². The van der Waals surface area contributed by atoms with E-state index in [1.165, 1.54) is 0 Å². The molecule has 1 amide bonds. The number of amides is 1. The Balaban J connectivity index is 0.00000361. The van der Waals surface area contributed by atoms with Gasteiger partial charge < -0.3 is 15.8 Å². The first-order valence-corrected chi connectivity index (χ1v) is 6.56. The second-order valence-electron chi connectivity index (χ2n) is 5.40. The zero-order valence-corrected chi connectivity index (χ0v) is 13.8. The monoisotopic (exact) mass is 320 g/mol. The Morgan fingerprint density at radius 3 is 2.65 bits per heavy atom. The average Bonchev–Trinajstić information content (AvgIpc) is 2.29. The number of rotatable bonds is 5. The summed E-state index contributed by atoms with van der Waals surface area (Å²) in [5, 5.41) is 3.23. The van der Waals surface area contributed by atoms with Gasteiger partial charge in [0.15, 0.2) is 6.10 Å². The maximum absolute atomic E-state index is 11.9. The first-order chi connectivity index (χ1) is 8.69. The van der Waals surface area contributed by atoms with Crippen LogP contribution in [0.25, 0.3) is 0 Å². The Bertz CT molecular complexity index is 459. The molecule has 1 aromatic carbocycles. The number of carbonyl (C=O) groups is 1. The van der Waals surface area contributed by atoms with Gasteiger partial charge in [0.25, 0.3) is 5.91 Å². The number of hydrogen-bond acceptors (Lipinski definition) is 3. The number of benzene rings is 1. The van der Waals surface area contributed by atoms with Crippen LogP contribution >= 0.6 is 24.0 Å². The molecule has 3 N–H and O–H groups in total. The third kappa shape index (κ3) is 6.46. The van der Waals surface area contributed by atoms with Crippen LogP contribution in [0.1, 0.15) is 26.3 Å². The van der Waals surface area contributed by atoms with E-state index >= 15 is 0 Å². The zero-order valence-electron chi connectivity index (χ0n) is 12.2. The van der Waals surface area contributed by atoms with Crippen molar-refractivity contribution in [3.05, 3.63) is 28.8 Å². The van der Waals surface area contributed by atoms with Gasteiger partial charge in [-0.15, -0.1) is 12.4 Å². The van der Waals surface area contributed by atoms with Gasteiger partial charge in [-0.25, -0.2) is 0 Å². The summed E-state index contributed by atoms with van der Waals surface area (Å²) >= 11 is 6.02. The summed E-state index contributed by atoms with van der Waals surface area (Å²) in [4.78, 5) is 11.9. The molecule has 0 bridgehead atoms. The van der Waals surface area contributed by atoms with Gasteiger partial charge in [0.05, 0.1) is 5.02 Å². The smallest absolute Gasteiger partial charge is 0.260 e. The molecule has 0 aliphatic carbocycles. The molecule has 0 fully saturated rings. The lowest BCUT2D eigenvalue weighted by Gasteiger charge is -2.21. The van der Waals surface area contributed by atoms with Crippen LogP contribution in [0.3, 0.4) is 0 Å². The molecule has 0 aromatic heterocycles. The highest BCUT2D eigenvalue weighted by Gasteiger charge is 2.19. The number of aryl methyl sites for hydroxylation is 1. The van der Waals surface area contributed by atoms with E-state index < -0.39 is 11.6 Å². The third-order valence-electron chi connectivity index (χ3n) is 2.48. The molecular formula is C14H22Cl2N2O2. The molecule has 114 valence electrons. The molecule has 4 nitrogen and oxygen atoms in total. The Morgan fingerprint density at radius 1 is 1.50 bits per heavy atom. The fourth-order valence-electron chi connectivity index (χ4n) is 1.40. The molecule has 1 atom stereocenters. The fourth-order valence-corrected chi connectivity index (χ4v) is 1.57. The lowest BCUT2D eigenvalue weighted by atomic mass is 10.1. The number of hydrogen-bond donors (Lipinski definition) is 2. The van der Waals surface area contributed by atoms with Gasteiger partial charge in [0, 0.05) is 12.1 Å². The summed E-state index contributed by atoms with van der Waals surface area (Å²) in [6, 6.07) is 5.44. The Morgan fingerprint density at radius 2 is 2.10 bits per heavy atom. The van der Waals surface area contributed by atoms with Crippen LogP contribution in [0.4, 0.5) is 0 Å². The molecule has 0 spiro atoms. The van der Waals surface area contributed by atoms with Crippen LogP contribution in [-0.4, -0.2) is 24.1 Å². The summed E-state index contributed by atoms with van der Waals surface area (Å²) < 4.78 is 5.57. The highest BCUT2D eigenvalue weighted by molar-refractivity contribution is 6.32. The van der Waals surface area contributed by atoms with Crippen molar-refractivity contribution in [2.45, 2.75) is 39.3 Å². The predicted molar refractivity (Wildman–Crippen MR) is 84.8 cm³/mol. The summed E-state index contributed by atoms with van der Waals surface area (Å²) in [7, 11) is 0. The molecule has 1 aromatic rings. The van der Waals surface area contributed by atoms with Crippen molar-refractivity contribution in [2.24, 2.45) is 5.73 Å². The molecule has 0 aliphatic rings. The topological polar surface area (TPSA) is 64.3 Å². The molecule has 1 rings (SSSR count). The minimum Gasteiger partial charge on any atom is -0.479 e. The molecule has 0 saturated carbocycles. The van der Waals surface area contributed by atoms with E-state index in [-0.39, 0.29) is 18.3 Å². The number of nitrogens with two attached hydrogens (primary N) is 1. The van der Waals surface area contributed by atoms with Gasteiger partial charge in [0.1, 0.15) is 5.75 Å². The number of carbonyl (C=O) groups excluding carboxylic acids is 1. The van der Waals surface area contributed by atoms with E-state index in [1.807, 2.05) is 26.8 Å². The number of halogens is 2. The zero-order chi connectivity index (χ0) is 14.6. The van der Waals surface area contributed by atoms with E-state index in [4.69, 9.17) is 22.1 Å². The molecule has 0 saturated heterocycles. The van der Waals surface area contributed by atoms with Crippen LogP contribution in [0.2, 0.25) is 5.02 Å². The quantitative estimate of drug-likeness (QED) is 0.876. The minimum atomic E-state index is -0.623. The largest absolute Gasteiger partial charge is 0.479 e. The highest BCUT2D eigenvalue weighted by Crippen LogP contribution is 2.26. The first kappa shape index (κ1) is 19.0. The lowest BCUT2D eigenvalue weighted by molar-refractivity contribution is -0.127. The maximum Gasteiger partial charge on any atom is 0.260 e. The van der Waals surface area contributed by atoms with Crippen LogP contribution in [0, 0.1) is 6.92 Å². The van der Waals surface area contributed by atoms with Crippen molar-refractivity contribution in [3.63, 3.8) is 0 Å². The van der Waals surface area contributed by atoms with E-state index in [1.54, 1.807) is 19.1 Å². The second kappa shape index (κ2) is 7.72. The fraction of sp³-hybridized carbons (Fsp3) is 0.500. The maximum atomic E-state index is 11.9. The van der Waals surface area contributed by atoms with Gasteiger partial charge in [-0.05, 0) is 45.4 Å². The third-order valence-corrected chi connectivity index (χ3v) is 2.79. The van der Waals surface area contributed by atoms with Crippen molar-refractivity contribution < 1.29 is 9.53 Å². The predicted octanol–water partition coefficient (Wildman–Crippen LogP) is 2.69. The summed E-state index contributed by atoms with van der Waals surface area (Å²) in [5.74, 6) is 0.299. The van der Waals surface area contributed by atoms with Gasteiger partial charge in [0.2, 0.25) is 0 Å². The van der Waals surface area contributed by atoms with E-state index in [9.17, 15) is 4.79 Å². The average molecular weight is 321 g/mol. The van der Waals surface area contributed by atoms with Crippen molar-refractivity contribution in [1.29, 1.82) is 0 Å². The standard InChI is InChI=1S/C14H21ClN2O2.ClH/c1-9-5-6-11(15)12(7-9)19-10(2)13(18)17-8-14(3,4)16;/h5-7,10H,8,16H2,1-4H3,(H,17,18);1H. The van der Waals surface area contributed by atoms with Crippen LogP contribution in [-0.2, 0) is 4.79 Å². The summed E-state index contributed by atoms with van der Waals surface area (Å²) in [6.45, 7) is 7.69. The molecule has 0 aliphatic heterocycles. The van der Waals surface area contributed by atoms with Gasteiger partial charge in [-0.3, -0.25) is 4.79 Å². The molecule has 0 heterocycles. The molecule has 20 heavy (non-hydrogen) atoms. The van der Waals surface area contributed by atoms with Crippen molar-refractivity contribution in [2.75, 3.05) is 6.54 Å². The van der Waals surface area contributed by atoms with Crippen molar-refractivity contribution in [3.8, 4) is 5.75 Å². The van der Waals surface area contributed by atoms with Crippen LogP contribution in [0.5, 0.6) is 5.75 Å². The Kier molecular flexibility index (Phi) is 7.34. The number of nitrogens with one attached hydrogen (secondary N) is 1. The van der Waals surface area contributed by atoms with E-state index in [0.29, 0.717) is 17.3 Å². The Hall–Kier alpha value is -0.970. The minimum absolute atomic E-state index is 0. The van der Waals surface area contributed by atoms with Gasteiger partial charge in [-0.2, -0.15) is 0 Å². The SMILES string of the molecule is Cc1ccc(Cl)c(OC(C)C(=O)NCC(C)(C)N)c1.Cl. The molecule has 0 radical (unpaired) electrons. The number of ether oxygens (including phenoxy) is 1. The lowest BCUT2D eigenvalue weighted by Crippen LogP contribution is -2.48. The van der Waals surface area contributed by atoms with Gasteiger partial charge in [-0.1, -0.05) is 17.7 Å². The van der Waals surface area contributed by atoms with E-state index in [2.05, 4.69) is 5.32 Å². The summed E-state index contributed by atoms with van der Waals surface area (Å²) in [6.07, 6.45) is -0.623. The molecule has 1 unspecified atom stereocenters. The Labute approximate surface area is 131 Å². The first-order valence-electron chi connectivity index (χ1n) is 6.18. The van der Waals surface area contributed by atoms with Crippen LogP contribution < -0.4 is 15.8 Å². The second-order valence-corrected chi connectivity index (χ2v) is 5.81. The highest BCUT2D eigenvalue weighted by atomic mass is 35.5. The van der Waals surface area contributed by atoms with Crippen LogP contribution in [0.15, 0.2) is 18.2 Å². The normalized spacial score (nSPS) is 12.3. The summed E-state index contributed by atoms with van der Waals surface area (Å²) in [5.41, 5.74) is 6.38. The molecule has 6 heteroatoms. The molecular weight excluding hydrogens is 299 g/mol. The van der Waals surface area contributed by atoms with E-state index in [0.717, 1.165) is 5.56 Å². The van der Waals surface area contributed by atoms with Crippen molar-refractivity contribution >= 4 is 29.9 Å².